The van der Waals surface area contributed by atoms with Gasteiger partial charge in [-0.25, -0.2) is 5.43 Å². The molecule has 124 valence electrons. The van der Waals surface area contributed by atoms with Crippen LogP contribution in [0.1, 0.15) is 22.8 Å². The average Bonchev–Trinajstić information content (AvgIpc) is 2.65. The Bertz CT molecular complexity index is 769. The molecule has 0 radical (unpaired) electrons. The summed E-state index contributed by atoms with van der Waals surface area (Å²) in [5.41, 5.74) is 4.62. The summed E-state index contributed by atoms with van der Waals surface area (Å²) in [6.07, 6.45) is 0. The minimum absolute atomic E-state index is 0.306. The predicted molar refractivity (Wildman–Crippen MR) is 90.1 cm³/mol. The van der Waals surface area contributed by atoms with E-state index >= 15 is 0 Å². The molecule has 0 spiro atoms. The van der Waals surface area contributed by atoms with Crippen molar-refractivity contribution in [2.75, 3.05) is 20.3 Å². The lowest BCUT2D eigenvalue weighted by Gasteiger charge is -2.18. The molecule has 1 heterocycles. The van der Waals surface area contributed by atoms with E-state index in [1.54, 1.807) is 25.3 Å². The van der Waals surface area contributed by atoms with Gasteiger partial charge in [0.15, 0.2) is 11.5 Å². The molecule has 0 saturated heterocycles. The van der Waals surface area contributed by atoms with Crippen LogP contribution in [0.15, 0.2) is 47.6 Å². The third-order valence-corrected chi connectivity index (χ3v) is 3.64. The molecule has 0 bridgehead atoms. The van der Waals surface area contributed by atoms with Crippen LogP contribution in [-0.4, -0.2) is 31.9 Å². The monoisotopic (exact) mass is 326 g/mol. The van der Waals surface area contributed by atoms with Crippen molar-refractivity contribution in [1.82, 2.24) is 5.43 Å². The van der Waals surface area contributed by atoms with Gasteiger partial charge in [0, 0.05) is 5.56 Å². The molecule has 6 nitrogen and oxygen atoms in total. The summed E-state index contributed by atoms with van der Waals surface area (Å²) in [5.74, 6) is 1.69. The Hall–Kier alpha value is -3.02. The van der Waals surface area contributed by atoms with Crippen LogP contribution in [0.4, 0.5) is 0 Å². The van der Waals surface area contributed by atoms with E-state index in [-0.39, 0.29) is 5.91 Å². The van der Waals surface area contributed by atoms with Gasteiger partial charge < -0.3 is 14.2 Å². The molecule has 0 aliphatic carbocycles. The van der Waals surface area contributed by atoms with Gasteiger partial charge in [-0.2, -0.15) is 5.10 Å². The normalized spacial score (nSPS) is 13.3. The maximum atomic E-state index is 12.2. The van der Waals surface area contributed by atoms with E-state index in [0.717, 1.165) is 11.3 Å². The summed E-state index contributed by atoms with van der Waals surface area (Å²) in [6.45, 7) is 2.82. The summed E-state index contributed by atoms with van der Waals surface area (Å²) in [6, 6.07) is 12.5. The van der Waals surface area contributed by atoms with Crippen molar-refractivity contribution >= 4 is 11.6 Å². The Labute approximate surface area is 140 Å². The van der Waals surface area contributed by atoms with Gasteiger partial charge in [0.2, 0.25) is 0 Å². The first-order valence-corrected chi connectivity index (χ1v) is 7.56. The number of hydrogen-bond donors (Lipinski definition) is 1. The van der Waals surface area contributed by atoms with Crippen LogP contribution in [0.2, 0.25) is 0 Å². The molecule has 1 aliphatic heterocycles. The van der Waals surface area contributed by atoms with Crippen LogP contribution < -0.4 is 19.6 Å². The van der Waals surface area contributed by atoms with E-state index < -0.39 is 0 Å². The van der Waals surface area contributed by atoms with Crippen molar-refractivity contribution in [1.29, 1.82) is 0 Å². The number of carbonyl (C=O) groups is 1. The van der Waals surface area contributed by atoms with Crippen LogP contribution >= 0.6 is 0 Å². The van der Waals surface area contributed by atoms with E-state index in [1.807, 2.05) is 31.2 Å². The number of hydrazone groups is 1. The number of nitrogens with one attached hydrogen (secondary N) is 1. The Morgan fingerprint density at radius 3 is 2.42 bits per heavy atom. The minimum atomic E-state index is -0.306. The summed E-state index contributed by atoms with van der Waals surface area (Å²) in [4.78, 5) is 12.2. The molecule has 24 heavy (non-hydrogen) atoms. The number of methoxy groups -OCH3 is 1. The fourth-order valence-electron chi connectivity index (χ4n) is 2.28. The standard InChI is InChI=1S/C18H18N2O4/c1-12(13-3-6-15(22-2)7-4-13)19-20-18(21)14-5-8-16-17(11-14)24-10-9-23-16/h3-8,11H,9-10H2,1-2H3,(H,20,21). The van der Waals surface area contributed by atoms with E-state index in [4.69, 9.17) is 14.2 Å². The molecule has 0 atom stereocenters. The SMILES string of the molecule is COc1ccc(C(C)=NNC(=O)c2ccc3c(c2)OCCO3)cc1. The zero-order chi connectivity index (χ0) is 16.9. The molecule has 0 fully saturated rings. The highest BCUT2D eigenvalue weighted by molar-refractivity contribution is 6.01. The summed E-state index contributed by atoms with van der Waals surface area (Å²) in [5, 5.41) is 4.14. The number of benzene rings is 2. The van der Waals surface area contributed by atoms with Crippen LogP contribution in [0.5, 0.6) is 17.2 Å². The molecule has 2 aromatic carbocycles. The maximum absolute atomic E-state index is 12.2. The van der Waals surface area contributed by atoms with Gasteiger partial charge in [-0.3, -0.25) is 4.79 Å². The molecule has 2 aromatic rings. The smallest absolute Gasteiger partial charge is 0.271 e. The fraction of sp³-hybridized carbons (Fsp3) is 0.222. The second kappa shape index (κ2) is 7.04. The molecule has 0 unspecified atom stereocenters. The highest BCUT2D eigenvalue weighted by Gasteiger charge is 2.14. The molecule has 1 N–H and O–H groups in total. The van der Waals surface area contributed by atoms with Crippen molar-refractivity contribution in [2.24, 2.45) is 5.10 Å². The number of ether oxygens (including phenoxy) is 3. The first kappa shape index (κ1) is 15.9. The Balaban J connectivity index is 1.69. The summed E-state index contributed by atoms with van der Waals surface area (Å²) >= 11 is 0. The van der Waals surface area contributed by atoms with Crippen molar-refractivity contribution < 1.29 is 19.0 Å². The lowest BCUT2D eigenvalue weighted by Crippen LogP contribution is -2.20. The van der Waals surface area contributed by atoms with E-state index in [1.165, 1.54) is 0 Å². The Morgan fingerprint density at radius 2 is 1.71 bits per heavy atom. The molecular formula is C18H18N2O4. The molecule has 3 rings (SSSR count). The van der Waals surface area contributed by atoms with Crippen molar-refractivity contribution in [2.45, 2.75) is 6.92 Å². The van der Waals surface area contributed by atoms with Crippen LogP contribution in [-0.2, 0) is 0 Å². The third kappa shape index (κ3) is 3.48. The van der Waals surface area contributed by atoms with Crippen molar-refractivity contribution in [3.8, 4) is 17.2 Å². The second-order valence-corrected chi connectivity index (χ2v) is 5.23. The van der Waals surface area contributed by atoms with Gasteiger partial charge in [-0.1, -0.05) is 0 Å². The van der Waals surface area contributed by atoms with Gasteiger partial charge in [0.1, 0.15) is 19.0 Å². The average molecular weight is 326 g/mol. The molecule has 1 aliphatic rings. The zero-order valence-corrected chi connectivity index (χ0v) is 13.5. The van der Waals surface area contributed by atoms with Crippen LogP contribution in [0.25, 0.3) is 0 Å². The number of nitrogens with zero attached hydrogens (tertiary/aromatic N) is 1. The predicted octanol–water partition coefficient (Wildman–Crippen LogP) is 2.62. The van der Waals surface area contributed by atoms with E-state index in [9.17, 15) is 4.79 Å². The van der Waals surface area contributed by atoms with Gasteiger partial charge in [0.25, 0.3) is 5.91 Å². The third-order valence-electron chi connectivity index (χ3n) is 3.64. The number of carbonyl (C=O) groups excluding carboxylic acids is 1. The Morgan fingerprint density at radius 1 is 1.04 bits per heavy atom. The molecule has 0 saturated carbocycles. The maximum Gasteiger partial charge on any atom is 0.271 e. The van der Waals surface area contributed by atoms with Gasteiger partial charge in [0.05, 0.1) is 12.8 Å². The lowest BCUT2D eigenvalue weighted by atomic mass is 10.1. The molecule has 6 heteroatoms. The first-order chi connectivity index (χ1) is 11.7. The largest absolute Gasteiger partial charge is 0.497 e. The highest BCUT2D eigenvalue weighted by Crippen LogP contribution is 2.30. The van der Waals surface area contributed by atoms with Gasteiger partial charge in [-0.15, -0.1) is 0 Å². The molecular weight excluding hydrogens is 308 g/mol. The molecule has 1 amide bonds. The second-order valence-electron chi connectivity index (χ2n) is 5.23. The quantitative estimate of drug-likeness (QED) is 0.693. The van der Waals surface area contributed by atoms with Crippen molar-refractivity contribution in [3.05, 3.63) is 53.6 Å². The van der Waals surface area contributed by atoms with Gasteiger partial charge in [-0.05, 0) is 55.0 Å². The van der Waals surface area contributed by atoms with E-state index in [2.05, 4.69) is 10.5 Å². The van der Waals surface area contributed by atoms with Crippen LogP contribution in [0, 0.1) is 0 Å². The zero-order valence-electron chi connectivity index (χ0n) is 13.5. The number of rotatable bonds is 4. The number of hydrogen-bond acceptors (Lipinski definition) is 5. The van der Waals surface area contributed by atoms with E-state index in [0.29, 0.717) is 36.0 Å². The Kier molecular flexibility index (Phi) is 4.65. The summed E-state index contributed by atoms with van der Waals surface area (Å²) in [7, 11) is 1.61. The first-order valence-electron chi connectivity index (χ1n) is 7.56. The lowest BCUT2D eigenvalue weighted by molar-refractivity contribution is 0.0953. The molecule has 0 aromatic heterocycles. The number of amides is 1. The van der Waals surface area contributed by atoms with Crippen LogP contribution in [0.3, 0.4) is 0 Å². The van der Waals surface area contributed by atoms with Crippen molar-refractivity contribution in [3.63, 3.8) is 0 Å². The highest BCUT2D eigenvalue weighted by atomic mass is 16.6. The summed E-state index contributed by atoms with van der Waals surface area (Å²) < 4.78 is 16.0. The topological polar surface area (TPSA) is 69.2 Å². The minimum Gasteiger partial charge on any atom is -0.497 e. The fourth-order valence-corrected chi connectivity index (χ4v) is 2.28. The number of fused-ring (bicyclic) bond motifs is 1. The van der Waals surface area contributed by atoms with Gasteiger partial charge >= 0.3 is 0 Å².